The Bertz CT molecular complexity index is 670. The normalized spacial score (nSPS) is 20.1. The summed E-state index contributed by atoms with van der Waals surface area (Å²) in [4.78, 5) is 29.9. The Morgan fingerprint density at radius 2 is 1.89 bits per heavy atom. The number of amides is 2. The molecule has 3 rings (SSSR count). The van der Waals surface area contributed by atoms with Gasteiger partial charge in [-0.05, 0) is 30.0 Å². The monoisotopic (exact) mass is 386 g/mol. The van der Waals surface area contributed by atoms with Crippen LogP contribution in [0.3, 0.4) is 0 Å². The molecule has 2 heterocycles. The number of rotatable bonds is 7. The summed E-state index contributed by atoms with van der Waals surface area (Å²) in [6.45, 7) is 10.5. The van der Waals surface area contributed by atoms with Crippen molar-refractivity contribution in [1.29, 1.82) is 0 Å². The van der Waals surface area contributed by atoms with Gasteiger partial charge >= 0.3 is 0 Å². The Kier molecular flexibility index (Phi) is 7.45. The number of hydrogen-bond acceptors (Lipinski definition) is 4. The summed E-state index contributed by atoms with van der Waals surface area (Å²) in [7, 11) is 0. The van der Waals surface area contributed by atoms with E-state index in [1.807, 2.05) is 26.0 Å². The van der Waals surface area contributed by atoms with E-state index >= 15 is 0 Å². The highest BCUT2D eigenvalue weighted by Crippen LogP contribution is 2.25. The topological polar surface area (TPSA) is 64.7 Å². The van der Waals surface area contributed by atoms with Crippen LogP contribution in [-0.2, 0) is 22.6 Å². The maximum Gasteiger partial charge on any atom is 0.243 e. The second-order valence-electron chi connectivity index (χ2n) is 8.34. The summed E-state index contributed by atoms with van der Waals surface area (Å²) in [6.07, 6.45) is 2.02. The smallest absolute Gasteiger partial charge is 0.243 e. The summed E-state index contributed by atoms with van der Waals surface area (Å²) >= 11 is 0. The molecular formula is C22H34N4O2. The fourth-order valence-electron chi connectivity index (χ4n) is 4.05. The van der Waals surface area contributed by atoms with Gasteiger partial charge in [-0.3, -0.25) is 9.59 Å². The van der Waals surface area contributed by atoms with Crippen LogP contribution in [0.25, 0.3) is 0 Å². The summed E-state index contributed by atoms with van der Waals surface area (Å²) in [6, 6.07) is 7.74. The number of nitrogens with zero attached hydrogens (tertiary/aromatic N) is 2. The van der Waals surface area contributed by atoms with Crippen molar-refractivity contribution < 1.29 is 9.59 Å². The van der Waals surface area contributed by atoms with Gasteiger partial charge in [-0.25, -0.2) is 0 Å². The van der Waals surface area contributed by atoms with Crippen molar-refractivity contribution in [3.8, 4) is 0 Å². The molecule has 0 aliphatic carbocycles. The molecule has 0 saturated carbocycles. The van der Waals surface area contributed by atoms with Crippen molar-refractivity contribution >= 4 is 11.8 Å². The quantitative estimate of drug-likeness (QED) is 0.696. The largest absolute Gasteiger partial charge is 0.354 e. The predicted molar refractivity (Wildman–Crippen MR) is 111 cm³/mol. The summed E-state index contributed by atoms with van der Waals surface area (Å²) < 4.78 is 0. The van der Waals surface area contributed by atoms with Crippen LogP contribution < -0.4 is 10.6 Å². The van der Waals surface area contributed by atoms with E-state index in [1.165, 1.54) is 5.56 Å². The number of carbonyl (C=O) groups excluding carboxylic acids is 2. The van der Waals surface area contributed by atoms with E-state index in [0.29, 0.717) is 25.9 Å². The minimum atomic E-state index is -0.402. The van der Waals surface area contributed by atoms with Gasteiger partial charge in [0, 0.05) is 52.1 Å². The highest BCUT2D eigenvalue weighted by Gasteiger charge is 2.34. The molecule has 0 bridgehead atoms. The SMILES string of the molecule is CC(C)CC(=O)N1Cc2ccccc2CC1C(=O)NCCCN1CCNCC1. The highest BCUT2D eigenvalue weighted by molar-refractivity contribution is 5.88. The maximum atomic E-state index is 12.9. The van der Waals surface area contributed by atoms with Gasteiger partial charge in [0.15, 0.2) is 0 Å². The zero-order chi connectivity index (χ0) is 19.9. The second kappa shape index (κ2) is 10.0. The van der Waals surface area contributed by atoms with Crippen molar-refractivity contribution in [3.05, 3.63) is 35.4 Å². The van der Waals surface area contributed by atoms with Crippen molar-refractivity contribution in [1.82, 2.24) is 20.4 Å². The average molecular weight is 387 g/mol. The van der Waals surface area contributed by atoms with E-state index in [9.17, 15) is 9.59 Å². The standard InChI is InChI=1S/C22H34N4O2/c1-17(2)14-21(27)26-16-19-7-4-3-6-18(19)15-20(26)22(28)24-8-5-11-25-12-9-23-10-13-25/h3-4,6-7,17,20,23H,5,8-16H2,1-2H3,(H,24,28). The molecule has 1 saturated heterocycles. The lowest BCUT2D eigenvalue weighted by molar-refractivity contribution is -0.142. The zero-order valence-corrected chi connectivity index (χ0v) is 17.2. The molecule has 1 unspecified atom stereocenters. The Hall–Kier alpha value is -1.92. The fourth-order valence-corrected chi connectivity index (χ4v) is 4.05. The van der Waals surface area contributed by atoms with Gasteiger partial charge in [0.25, 0.3) is 0 Å². The van der Waals surface area contributed by atoms with Crippen LogP contribution in [0.1, 0.15) is 37.8 Å². The lowest BCUT2D eigenvalue weighted by atomic mass is 9.92. The highest BCUT2D eigenvalue weighted by atomic mass is 16.2. The number of fused-ring (bicyclic) bond motifs is 1. The molecule has 28 heavy (non-hydrogen) atoms. The third kappa shape index (κ3) is 5.55. The van der Waals surface area contributed by atoms with Gasteiger partial charge in [-0.15, -0.1) is 0 Å². The molecule has 1 aromatic rings. The fraction of sp³-hybridized carbons (Fsp3) is 0.636. The van der Waals surface area contributed by atoms with Crippen LogP contribution in [0, 0.1) is 5.92 Å². The number of carbonyl (C=O) groups is 2. The summed E-state index contributed by atoms with van der Waals surface area (Å²) in [5.41, 5.74) is 2.33. The van der Waals surface area contributed by atoms with E-state index in [1.54, 1.807) is 4.90 Å². The van der Waals surface area contributed by atoms with E-state index in [4.69, 9.17) is 0 Å². The number of benzene rings is 1. The van der Waals surface area contributed by atoms with Gasteiger partial charge in [-0.2, -0.15) is 0 Å². The van der Waals surface area contributed by atoms with E-state index in [0.717, 1.165) is 44.7 Å². The van der Waals surface area contributed by atoms with E-state index < -0.39 is 6.04 Å². The van der Waals surface area contributed by atoms with Gasteiger partial charge in [0.2, 0.25) is 11.8 Å². The maximum absolute atomic E-state index is 12.9. The first kappa shape index (κ1) is 20.8. The molecule has 2 amide bonds. The van der Waals surface area contributed by atoms with Gasteiger partial charge < -0.3 is 20.4 Å². The molecule has 6 heteroatoms. The molecule has 154 valence electrons. The lowest BCUT2D eigenvalue weighted by Gasteiger charge is -2.36. The number of piperazine rings is 1. The van der Waals surface area contributed by atoms with E-state index in [2.05, 4.69) is 27.7 Å². The lowest BCUT2D eigenvalue weighted by Crippen LogP contribution is -2.53. The molecule has 0 radical (unpaired) electrons. The van der Waals surface area contributed by atoms with Crippen molar-refractivity contribution in [3.63, 3.8) is 0 Å². The van der Waals surface area contributed by atoms with Gasteiger partial charge in [0.05, 0.1) is 0 Å². The third-order valence-corrected chi connectivity index (χ3v) is 5.61. The molecule has 1 atom stereocenters. The minimum Gasteiger partial charge on any atom is -0.354 e. The Balaban J connectivity index is 1.57. The predicted octanol–water partition coefficient (Wildman–Crippen LogP) is 1.40. The average Bonchev–Trinajstić information content (AvgIpc) is 2.70. The Morgan fingerprint density at radius 1 is 1.18 bits per heavy atom. The van der Waals surface area contributed by atoms with Crippen LogP contribution in [-0.4, -0.2) is 66.9 Å². The van der Waals surface area contributed by atoms with E-state index in [-0.39, 0.29) is 17.7 Å². The van der Waals surface area contributed by atoms with Crippen LogP contribution in [0.15, 0.2) is 24.3 Å². The molecule has 0 aromatic heterocycles. The Morgan fingerprint density at radius 3 is 2.61 bits per heavy atom. The third-order valence-electron chi connectivity index (χ3n) is 5.61. The molecule has 1 fully saturated rings. The van der Waals surface area contributed by atoms with Crippen LogP contribution >= 0.6 is 0 Å². The zero-order valence-electron chi connectivity index (χ0n) is 17.2. The molecule has 2 aliphatic heterocycles. The molecule has 1 aromatic carbocycles. The molecule has 6 nitrogen and oxygen atoms in total. The molecule has 2 aliphatic rings. The molecule has 0 spiro atoms. The van der Waals surface area contributed by atoms with Crippen LogP contribution in [0.2, 0.25) is 0 Å². The first-order valence-corrected chi connectivity index (χ1v) is 10.6. The van der Waals surface area contributed by atoms with Crippen molar-refractivity contribution in [2.24, 2.45) is 5.92 Å². The van der Waals surface area contributed by atoms with Gasteiger partial charge in [0.1, 0.15) is 6.04 Å². The van der Waals surface area contributed by atoms with Crippen molar-refractivity contribution in [2.45, 2.75) is 45.7 Å². The number of hydrogen-bond donors (Lipinski definition) is 2. The minimum absolute atomic E-state index is 0.0214. The van der Waals surface area contributed by atoms with Crippen LogP contribution in [0.5, 0.6) is 0 Å². The second-order valence-corrected chi connectivity index (χ2v) is 8.34. The first-order valence-electron chi connectivity index (χ1n) is 10.6. The molecule has 2 N–H and O–H groups in total. The Labute approximate surface area is 168 Å². The number of nitrogens with one attached hydrogen (secondary N) is 2. The van der Waals surface area contributed by atoms with Gasteiger partial charge in [-0.1, -0.05) is 38.1 Å². The first-order chi connectivity index (χ1) is 13.5. The summed E-state index contributed by atoms with van der Waals surface area (Å²) in [5, 5.41) is 6.44. The molecular weight excluding hydrogens is 352 g/mol. The summed E-state index contributed by atoms with van der Waals surface area (Å²) in [5.74, 6) is 0.338. The van der Waals surface area contributed by atoms with Crippen molar-refractivity contribution in [2.75, 3.05) is 39.3 Å². The van der Waals surface area contributed by atoms with Crippen LogP contribution in [0.4, 0.5) is 0 Å².